The van der Waals surface area contributed by atoms with Crippen LogP contribution >= 0.6 is 11.3 Å². The average Bonchev–Trinajstić information content (AvgIpc) is 3.24. The Balaban J connectivity index is 1.85. The Morgan fingerprint density at radius 3 is 2.67 bits per heavy atom. The number of para-hydroxylation sites is 1. The van der Waals surface area contributed by atoms with Gasteiger partial charge in [-0.1, -0.05) is 12.1 Å². The quantitative estimate of drug-likeness (QED) is 0.657. The van der Waals surface area contributed by atoms with Crippen molar-refractivity contribution in [2.24, 2.45) is 0 Å². The van der Waals surface area contributed by atoms with Crippen molar-refractivity contribution in [1.29, 1.82) is 0 Å². The van der Waals surface area contributed by atoms with E-state index in [4.69, 9.17) is 9.47 Å². The van der Waals surface area contributed by atoms with Crippen LogP contribution in [0.25, 0.3) is 10.2 Å². The number of hydrogen-bond acceptors (Lipinski definition) is 6. The van der Waals surface area contributed by atoms with Crippen LogP contribution in [0, 0.1) is 0 Å². The van der Waals surface area contributed by atoms with Gasteiger partial charge in [-0.25, -0.2) is 9.59 Å². The third-order valence-corrected chi connectivity index (χ3v) is 4.77. The number of carbonyl (C=O) groups excluding carboxylic acids is 3. The summed E-state index contributed by atoms with van der Waals surface area (Å²) < 4.78 is 12.3. The van der Waals surface area contributed by atoms with E-state index in [0.717, 1.165) is 10.2 Å². The molecule has 3 rings (SSSR count). The summed E-state index contributed by atoms with van der Waals surface area (Å²) in [5.74, 6) is -1.40. The number of benzene rings is 1. The first-order chi connectivity index (χ1) is 13.0. The van der Waals surface area contributed by atoms with E-state index in [-0.39, 0.29) is 24.6 Å². The number of thiophene rings is 1. The van der Waals surface area contributed by atoms with Crippen molar-refractivity contribution < 1.29 is 23.9 Å². The fourth-order valence-corrected chi connectivity index (χ4v) is 3.56. The molecule has 140 valence electrons. The number of ether oxygens (including phenoxy) is 2. The van der Waals surface area contributed by atoms with Crippen LogP contribution in [0.15, 0.2) is 41.8 Å². The lowest BCUT2D eigenvalue weighted by molar-refractivity contribution is -0.116. The molecule has 27 heavy (non-hydrogen) atoms. The van der Waals surface area contributed by atoms with E-state index in [1.807, 2.05) is 11.4 Å². The van der Waals surface area contributed by atoms with E-state index in [9.17, 15) is 14.4 Å². The molecule has 1 amide bonds. The second-order valence-corrected chi connectivity index (χ2v) is 6.54. The number of carbonyl (C=O) groups is 3. The monoisotopic (exact) mass is 386 g/mol. The molecule has 0 radical (unpaired) electrons. The van der Waals surface area contributed by atoms with Crippen molar-refractivity contribution in [1.82, 2.24) is 4.57 Å². The summed E-state index contributed by atoms with van der Waals surface area (Å²) in [4.78, 5) is 36.7. The zero-order valence-corrected chi connectivity index (χ0v) is 15.7. The minimum Gasteiger partial charge on any atom is -0.464 e. The van der Waals surface area contributed by atoms with Gasteiger partial charge < -0.3 is 19.4 Å². The lowest BCUT2D eigenvalue weighted by Crippen LogP contribution is -2.23. The van der Waals surface area contributed by atoms with Crippen LogP contribution in [-0.4, -0.2) is 36.1 Å². The molecule has 0 aliphatic heterocycles. The lowest BCUT2D eigenvalue weighted by Gasteiger charge is -2.12. The van der Waals surface area contributed by atoms with Crippen LogP contribution in [0.4, 0.5) is 5.69 Å². The number of hydrogen-bond donors (Lipinski definition) is 1. The molecule has 0 spiro atoms. The smallest absolute Gasteiger partial charge is 0.354 e. The van der Waals surface area contributed by atoms with Crippen molar-refractivity contribution in [2.45, 2.75) is 13.5 Å². The Hall–Kier alpha value is -3.13. The van der Waals surface area contributed by atoms with Crippen LogP contribution in [0.3, 0.4) is 0 Å². The van der Waals surface area contributed by atoms with Gasteiger partial charge in [0.15, 0.2) is 0 Å². The fourth-order valence-electron chi connectivity index (χ4n) is 2.73. The van der Waals surface area contributed by atoms with Crippen molar-refractivity contribution >= 4 is 45.1 Å². The van der Waals surface area contributed by atoms with Gasteiger partial charge in [0.25, 0.3) is 0 Å². The first-order valence-electron chi connectivity index (χ1n) is 8.26. The summed E-state index contributed by atoms with van der Waals surface area (Å²) in [6, 6.07) is 10.2. The maximum atomic E-state index is 12.6. The third kappa shape index (κ3) is 3.85. The SMILES string of the molecule is CCOC(=O)c1ccccc1NC(=O)Cn1c(C(=O)OC)cc2sccc21. The molecule has 2 aromatic heterocycles. The van der Waals surface area contributed by atoms with Gasteiger partial charge in [0.1, 0.15) is 12.2 Å². The molecule has 0 atom stereocenters. The van der Waals surface area contributed by atoms with E-state index >= 15 is 0 Å². The normalized spacial score (nSPS) is 10.6. The number of rotatable bonds is 6. The Bertz CT molecular complexity index is 1000. The number of esters is 2. The second-order valence-electron chi connectivity index (χ2n) is 5.59. The van der Waals surface area contributed by atoms with Gasteiger partial charge in [-0.05, 0) is 36.6 Å². The molecule has 0 bridgehead atoms. The summed E-state index contributed by atoms with van der Waals surface area (Å²) in [5, 5.41) is 4.60. The van der Waals surface area contributed by atoms with E-state index < -0.39 is 11.9 Å². The largest absolute Gasteiger partial charge is 0.464 e. The standard InChI is InChI=1S/C19H18N2O5S/c1-3-26-18(23)12-6-4-5-7-13(12)20-17(22)11-21-14-8-9-27-16(14)10-15(21)19(24)25-2/h4-10H,3,11H2,1-2H3,(H,20,22). The molecule has 1 aromatic carbocycles. The number of methoxy groups -OCH3 is 1. The van der Waals surface area contributed by atoms with E-state index in [1.165, 1.54) is 18.4 Å². The highest BCUT2D eigenvalue weighted by Gasteiger charge is 2.20. The molecule has 7 nitrogen and oxygen atoms in total. The Kier molecular flexibility index (Phi) is 5.56. The molecule has 1 N–H and O–H groups in total. The molecule has 0 aliphatic carbocycles. The first-order valence-corrected chi connectivity index (χ1v) is 9.14. The highest BCUT2D eigenvalue weighted by atomic mass is 32.1. The third-order valence-electron chi connectivity index (χ3n) is 3.92. The molecular formula is C19H18N2O5S. The number of amides is 1. The Morgan fingerprint density at radius 2 is 1.93 bits per heavy atom. The molecule has 0 saturated carbocycles. The number of fused-ring (bicyclic) bond motifs is 1. The van der Waals surface area contributed by atoms with Crippen molar-refractivity contribution in [2.75, 3.05) is 19.0 Å². The Labute approximate surface area is 159 Å². The highest BCUT2D eigenvalue weighted by molar-refractivity contribution is 7.17. The van der Waals surface area contributed by atoms with Gasteiger partial charge in [-0.15, -0.1) is 11.3 Å². The maximum Gasteiger partial charge on any atom is 0.354 e. The first kappa shape index (κ1) is 18.7. The summed E-state index contributed by atoms with van der Waals surface area (Å²) in [6.45, 7) is 1.86. The van der Waals surface area contributed by atoms with E-state index in [0.29, 0.717) is 11.4 Å². The van der Waals surface area contributed by atoms with Crippen LogP contribution in [-0.2, 0) is 20.8 Å². The number of nitrogens with one attached hydrogen (secondary N) is 1. The van der Waals surface area contributed by atoms with Crippen LogP contribution in [0.5, 0.6) is 0 Å². The van der Waals surface area contributed by atoms with Gasteiger partial charge in [0, 0.05) is 0 Å². The maximum absolute atomic E-state index is 12.6. The fraction of sp³-hybridized carbons (Fsp3) is 0.211. The van der Waals surface area contributed by atoms with Gasteiger partial charge in [0.2, 0.25) is 5.91 Å². The zero-order valence-electron chi connectivity index (χ0n) is 14.9. The number of nitrogens with zero attached hydrogens (tertiary/aromatic N) is 1. The zero-order chi connectivity index (χ0) is 19.4. The second kappa shape index (κ2) is 8.05. The predicted molar refractivity (Wildman–Crippen MR) is 102 cm³/mol. The summed E-state index contributed by atoms with van der Waals surface area (Å²) >= 11 is 1.47. The molecule has 8 heteroatoms. The summed E-state index contributed by atoms with van der Waals surface area (Å²) in [5.41, 5.74) is 1.70. The van der Waals surface area contributed by atoms with Gasteiger partial charge in [0.05, 0.1) is 35.2 Å². The Morgan fingerprint density at radius 1 is 1.15 bits per heavy atom. The molecule has 0 unspecified atom stereocenters. The summed E-state index contributed by atoms with van der Waals surface area (Å²) in [7, 11) is 1.30. The summed E-state index contributed by atoms with van der Waals surface area (Å²) in [6.07, 6.45) is 0. The lowest BCUT2D eigenvalue weighted by atomic mass is 10.2. The average molecular weight is 386 g/mol. The van der Waals surface area contributed by atoms with Crippen molar-refractivity contribution in [3.8, 4) is 0 Å². The number of aromatic nitrogens is 1. The van der Waals surface area contributed by atoms with Gasteiger partial charge >= 0.3 is 11.9 Å². The molecule has 2 heterocycles. The van der Waals surface area contributed by atoms with Crippen LogP contribution in [0.1, 0.15) is 27.8 Å². The van der Waals surface area contributed by atoms with E-state index in [1.54, 1.807) is 41.8 Å². The molecule has 0 aliphatic rings. The molecule has 0 fully saturated rings. The van der Waals surface area contributed by atoms with Crippen molar-refractivity contribution in [3.05, 3.63) is 53.0 Å². The van der Waals surface area contributed by atoms with Crippen LogP contribution in [0.2, 0.25) is 0 Å². The van der Waals surface area contributed by atoms with Crippen LogP contribution < -0.4 is 5.32 Å². The van der Waals surface area contributed by atoms with E-state index in [2.05, 4.69) is 5.32 Å². The molecular weight excluding hydrogens is 368 g/mol. The highest BCUT2D eigenvalue weighted by Crippen LogP contribution is 2.26. The minimum atomic E-state index is -0.516. The number of anilines is 1. The minimum absolute atomic E-state index is 0.0954. The van der Waals surface area contributed by atoms with Gasteiger partial charge in [-0.3, -0.25) is 4.79 Å². The van der Waals surface area contributed by atoms with Crippen molar-refractivity contribution in [3.63, 3.8) is 0 Å². The predicted octanol–water partition coefficient (Wildman–Crippen LogP) is 3.30. The topological polar surface area (TPSA) is 86.6 Å². The van der Waals surface area contributed by atoms with Gasteiger partial charge in [-0.2, -0.15) is 0 Å². The molecule has 0 saturated heterocycles. The molecule has 3 aromatic rings.